The van der Waals surface area contributed by atoms with E-state index in [2.05, 4.69) is 21.3 Å². The summed E-state index contributed by atoms with van der Waals surface area (Å²) in [5.74, 6) is -0.562. The second-order valence-corrected chi connectivity index (χ2v) is 10.8. The highest BCUT2D eigenvalue weighted by molar-refractivity contribution is 6.05. The van der Waals surface area contributed by atoms with Crippen LogP contribution in [0, 0.1) is 0 Å². The fourth-order valence-corrected chi connectivity index (χ4v) is 4.10. The second kappa shape index (κ2) is 14.0. The van der Waals surface area contributed by atoms with Gasteiger partial charge in [0.2, 0.25) is 0 Å². The molecule has 44 heavy (non-hydrogen) atoms. The van der Waals surface area contributed by atoms with Gasteiger partial charge in [-0.2, -0.15) is 0 Å². The summed E-state index contributed by atoms with van der Waals surface area (Å²) in [4.78, 5) is 51.9. The van der Waals surface area contributed by atoms with Crippen LogP contribution in [0.3, 0.4) is 0 Å². The lowest BCUT2D eigenvalue weighted by Crippen LogP contribution is -2.42. The van der Waals surface area contributed by atoms with Gasteiger partial charge in [-0.15, -0.1) is 0 Å². The van der Waals surface area contributed by atoms with Crippen LogP contribution in [0.2, 0.25) is 0 Å². The molecule has 4 aromatic rings. The minimum atomic E-state index is -1.07. The van der Waals surface area contributed by atoms with Crippen LogP contribution in [-0.4, -0.2) is 36.5 Å². The van der Waals surface area contributed by atoms with Crippen LogP contribution in [0.1, 0.15) is 53.1 Å². The average Bonchev–Trinajstić information content (AvgIpc) is 3.00. The normalized spacial score (nSPS) is 11.5. The first-order valence-corrected chi connectivity index (χ1v) is 13.8. The predicted molar refractivity (Wildman–Crippen MR) is 168 cm³/mol. The van der Waals surface area contributed by atoms with Gasteiger partial charge in [-0.3, -0.25) is 14.4 Å². The highest BCUT2D eigenvalue weighted by atomic mass is 16.6. The molecule has 1 unspecified atom stereocenters. The van der Waals surface area contributed by atoms with E-state index >= 15 is 0 Å². The van der Waals surface area contributed by atoms with Crippen molar-refractivity contribution in [3.8, 4) is 11.5 Å². The zero-order valence-corrected chi connectivity index (χ0v) is 24.8. The highest BCUT2D eigenvalue weighted by Crippen LogP contribution is 2.26. The fourth-order valence-electron chi connectivity index (χ4n) is 4.10. The average molecular weight is 595 g/mol. The van der Waals surface area contributed by atoms with Gasteiger partial charge in [0.05, 0.1) is 12.8 Å². The smallest absolute Gasteiger partial charge is 0.413 e. The van der Waals surface area contributed by atoms with E-state index in [1.807, 2.05) is 20.8 Å². The quantitative estimate of drug-likeness (QED) is 0.189. The molecule has 0 radical (unpaired) electrons. The zero-order chi connectivity index (χ0) is 31.7. The van der Waals surface area contributed by atoms with Crippen molar-refractivity contribution in [3.63, 3.8) is 0 Å². The van der Waals surface area contributed by atoms with E-state index in [4.69, 9.17) is 9.47 Å². The van der Waals surface area contributed by atoms with Gasteiger partial charge in [0.25, 0.3) is 17.7 Å². The fraction of sp³-hybridized carbons (Fsp3) is 0.176. The molecule has 4 N–H and O–H groups in total. The molecule has 0 fully saturated rings. The lowest BCUT2D eigenvalue weighted by Gasteiger charge is -2.20. The molecule has 1 atom stereocenters. The third-order valence-electron chi connectivity index (χ3n) is 6.25. The number of hydrogen-bond donors (Lipinski definition) is 4. The minimum Gasteiger partial charge on any atom is -0.497 e. The van der Waals surface area contributed by atoms with E-state index in [1.54, 1.807) is 110 Å². The Morgan fingerprint density at radius 3 is 1.93 bits per heavy atom. The maximum Gasteiger partial charge on any atom is 0.413 e. The molecule has 4 rings (SSSR count). The number of anilines is 2. The third kappa shape index (κ3) is 8.68. The number of carbonyl (C=O) groups is 4. The maximum atomic E-state index is 13.4. The molecule has 10 heteroatoms. The van der Waals surface area contributed by atoms with Crippen molar-refractivity contribution in [3.05, 3.63) is 120 Å². The van der Waals surface area contributed by atoms with Crippen molar-refractivity contribution >= 4 is 35.2 Å². The number of carbonyl (C=O) groups excluding carboxylic acids is 4. The van der Waals surface area contributed by atoms with Gasteiger partial charge in [-0.05, 0) is 87.0 Å². The van der Waals surface area contributed by atoms with E-state index in [0.717, 1.165) is 0 Å². The number of para-hydroxylation sites is 2. The Balaban J connectivity index is 1.52. The van der Waals surface area contributed by atoms with Gasteiger partial charge in [0, 0.05) is 22.4 Å². The van der Waals surface area contributed by atoms with Crippen LogP contribution in [0.15, 0.2) is 103 Å². The maximum absolute atomic E-state index is 13.4. The van der Waals surface area contributed by atoms with E-state index in [9.17, 15) is 19.2 Å². The number of rotatable bonds is 9. The van der Waals surface area contributed by atoms with Crippen molar-refractivity contribution in [2.75, 3.05) is 17.7 Å². The van der Waals surface area contributed by atoms with Crippen molar-refractivity contribution in [1.82, 2.24) is 10.6 Å². The summed E-state index contributed by atoms with van der Waals surface area (Å²) in [6.07, 6.45) is -0.653. The first kappa shape index (κ1) is 31.3. The van der Waals surface area contributed by atoms with Gasteiger partial charge in [0.1, 0.15) is 11.8 Å². The largest absolute Gasteiger partial charge is 0.497 e. The highest BCUT2D eigenvalue weighted by Gasteiger charge is 2.24. The number of benzene rings is 4. The van der Waals surface area contributed by atoms with Gasteiger partial charge >= 0.3 is 6.09 Å². The third-order valence-corrected chi connectivity index (χ3v) is 6.25. The molecule has 4 amide bonds. The Morgan fingerprint density at radius 1 is 0.682 bits per heavy atom. The molecule has 0 aliphatic carbocycles. The number of amides is 4. The summed E-state index contributed by atoms with van der Waals surface area (Å²) >= 11 is 0. The Labute approximate surface area is 255 Å². The molecule has 0 aliphatic heterocycles. The van der Waals surface area contributed by atoms with E-state index < -0.39 is 35.4 Å². The topological polar surface area (TPSA) is 135 Å². The summed E-state index contributed by atoms with van der Waals surface area (Å²) in [6, 6.07) is 27.1. The minimum absolute atomic E-state index is 0.179. The molecule has 0 aromatic heterocycles. The molecular weight excluding hydrogens is 560 g/mol. The Kier molecular flexibility index (Phi) is 9.97. The molecule has 226 valence electrons. The van der Waals surface area contributed by atoms with Gasteiger partial charge in [-0.25, -0.2) is 4.79 Å². The summed E-state index contributed by atoms with van der Waals surface area (Å²) in [5.41, 5.74) is 1.45. The van der Waals surface area contributed by atoms with Crippen molar-refractivity contribution in [2.24, 2.45) is 0 Å². The second-order valence-electron chi connectivity index (χ2n) is 10.8. The van der Waals surface area contributed by atoms with Gasteiger partial charge in [0.15, 0.2) is 5.75 Å². The van der Waals surface area contributed by atoms with Crippen LogP contribution in [-0.2, 0) is 4.79 Å². The van der Waals surface area contributed by atoms with E-state index in [0.29, 0.717) is 28.3 Å². The molecule has 0 saturated heterocycles. The molecule has 10 nitrogen and oxygen atoms in total. The summed E-state index contributed by atoms with van der Waals surface area (Å²) in [7, 11) is 1.55. The van der Waals surface area contributed by atoms with Crippen LogP contribution < -0.4 is 30.7 Å². The van der Waals surface area contributed by atoms with Crippen molar-refractivity contribution in [2.45, 2.75) is 32.4 Å². The summed E-state index contributed by atoms with van der Waals surface area (Å²) < 4.78 is 10.6. The lowest BCUT2D eigenvalue weighted by atomic mass is 10.0. The molecule has 4 aromatic carbocycles. The number of nitrogens with one attached hydrogen (secondary N) is 4. The number of ether oxygens (including phenoxy) is 2. The van der Waals surface area contributed by atoms with E-state index in [-0.39, 0.29) is 11.3 Å². The van der Waals surface area contributed by atoms with Crippen LogP contribution in [0.25, 0.3) is 0 Å². The molecular formula is C34H34N4O6. The molecule has 0 spiro atoms. The van der Waals surface area contributed by atoms with Gasteiger partial charge in [-0.1, -0.05) is 42.5 Å². The van der Waals surface area contributed by atoms with Crippen molar-refractivity contribution in [1.29, 1.82) is 0 Å². The monoisotopic (exact) mass is 594 g/mol. The Hall–Kier alpha value is -5.64. The summed E-state index contributed by atoms with van der Waals surface area (Å²) in [5, 5.41) is 11.1. The molecule has 0 heterocycles. The van der Waals surface area contributed by atoms with Crippen LogP contribution in [0.5, 0.6) is 11.5 Å². The molecule has 0 aliphatic rings. The van der Waals surface area contributed by atoms with E-state index in [1.165, 1.54) is 0 Å². The number of hydrogen-bond acceptors (Lipinski definition) is 6. The zero-order valence-electron chi connectivity index (χ0n) is 24.8. The first-order chi connectivity index (χ1) is 21.0. The van der Waals surface area contributed by atoms with Gasteiger partial charge < -0.3 is 30.7 Å². The SMILES string of the molecule is COc1ccc(NC(=O)C(NC(=O)c2ccccc2)c2ccc(C(=O)Nc3ccccc3OC(=O)NC(C)(C)C)cc2)cc1. The van der Waals surface area contributed by atoms with Crippen LogP contribution >= 0.6 is 0 Å². The Bertz CT molecular complexity index is 1610. The summed E-state index contributed by atoms with van der Waals surface area (Å²) in [6.45, 7) is 5.48. The predicted octanol–water partition coefficient (Wildman–Crippen LogP) is 5.94. The first-order valence-electron chi connectivity index (χ1n) is 13.8. The standard InChI is InChI=1S/C34H34N4O6/c1-34(2,3)38-33(42)44-28-13-9-8-12-27(28)36-30(39)24-16-14-22(15-17-24)29(37-31(40)23-10-6-5-7-11-23)32(41)35-25-18-20-26(43-4)21-19-25/h5-21,29H,1-4H3,(H,35,41)(H,36,39)(H,37,40)(H,38,42). The van der Waals surface area contributed by atoms with Crippen molar-refractivity contribution < 1.29 is 28.7 Å². The number of methoxy groups -OCH3 is 1. The molecule has 0 saturated carbocycles. The lowest BCUT2D eigenvalue weighted by molar-refractivity contribution is -0.118. The molecule has 0 bridgehead atoms. The Morgan fingerprint density at radius 2 is 1.30 bits per heavy atom. The van der Waals surface area contributed by atoms with Crippen LogP contribution in [0.4, 0.5) is 16.2 Å².